The number of carbonyl (C=O) groups is 2. The molecule has 0 amide bonds. The molecule has 0 spiro atoms. The van der Waals surface area contributed by atoms with Gasteiger partial charge in [0.15, 0.2) is 0 Å². The van der Waals surface area contributed by atoms with Crippen LogP contribution in [-0.4, -0.2) is 18.4 Å². The lowest BCUT2D eigenvalue weighted by atomic mass is 10.4. The number of ether oxygens (including phenoxy) is 1. The van der Waals surface area contributed by atoms with E-state index in [4.69, 9.17) is 0 Å². The van der Waals surface area contributed by atoms with Gasteiger partial charge in [-0.1, -0.05) is 0 Å². The maximum Gasteiger partial charge on any atom is 0.331 e. The fraction of sp³-hybridized carbons (Fsp3) is 0.429. The fourth-order valence-electron chi connectivity index (χ4n) is 0.389. The van der Waals surface area contributed by atoms with Crippen molar-refractivity contribution in [3.8, 4) is 0 Å². The number of esters is 1. The molecule has 0 heterocycles. The van der Waals surface area contributed by atoms with Crippen LogP contribution in [0.4, 0.5) is 0 Å². The Morgan fingerprint density at radius 2 is 2.10 bits per heavy atom. The average molecular weight is 142 g/mol. The van der Waals surface area contributed by atoms with E-state index >= 15 is 0 Å². The molecule has 0 fully saturated rings. The molecular formula is C7H10O3. The average Bonchev–Trinajstić information content (AvgIpc) is 1.82. The lowest BCUT2D eigenvalue weighted by Crippen LogP contribution is -2.08. The molecule has 0 N–H and O–H groups in total. The Balaban J connectivity index is 3.64. The monoisotopic (exact) mass is 142 g/mol. The molecule has 0 rings (SSSR count). The van der Waals surface area contributed by atoms with Crippen LogP contribution in [0.2, 0.25) is 0 Å². The van der Waals surface area contributed by atoms with Crippen molar-refractivity contribution in [2.75, 3.05) is 0 Å². The van der Waals surface area contributed by atoms with Crippen LogP contribution >= 0.6 is 0 Å². The fourth-order valence-corrected chi connectivity index (χ4v) is 0.389. The SMILES string of the molecule is CC(C)OC(=O)C=CC=O. The smallest absolute Gasteiger partial charge is 0.331 e. The first-order valence-corrected chi connectivity index (χ1v) is 2.99. The minimum atomic E-state index is -0.484. The summed E-state index contributed by atoms with van der Waals surface area (Å²) in [7, 11) is 0. The van der Waals surface area contributed by atoms with Crippen LogP contribution in [0.15, 0.2) is 12.2 Å². The first-order valence-electron chi connectivity index (χ1n) is 2.99. The molecule has 0 saturated carbocycles. The van der Waals surface area contributed by atoms with Crippen molar-refractivity contribution < 1.29 is 14.3 Å². The van der Waals surface area contributed by atoms with E-state index < -0.39 is 5.97 Å². The van der Waals surface area contributed by atoms with Crippen LogP contribution in [0.1, 0.15) is 13.8 Å². The van der Waals surface area contributed by atoms with Crippen LogP contribution in [0.3, 0.4) is 0 Å². The quantitative estimate of drug-likeness (QED) is 0.331. The second-order valence-corrected chi connectivity index (χ2v) is 1.98. The standard InChI is InChI=1S/C7H10O3/c1-6(2)10-7(9)4-3-5-8/h3-6H,1-2H3. The molecule has 0 radical (unpaired) electrons. The van der Waals surface area contributed by atoms with Crippen molar-refractivity contribution in [3.63, 3.8) is 0 Å². The molecule has 10 heavy (non-hydrogen) atoms. The Morgan fingerprint density at radius 3 is 2.50 bits per heavy atom. The Morgan fingerprint density at radius 1 is 1.50 bits per heavy atom. The van der Waals surface area contributed by atoms with Gasteiger partial charge < -0.3 is 4.74 Å². The lowest BCUT2D eigenvalue weighted by Gasteiger charge is -2.02. The molecule has 56 valence electrons. The minimum absolute atomic E-state index is 0.135. The number of carbonyl (C=O) groups excluding carboxylic acids is 2. The van der Waals surface area contributed by atoms with Gasteiger partial charge in [0, 0.05) is 6.08 Å². The predicted molar refractivity (Wildman–Crippen MR) is 36.4 cm³/mol. The largest absolute Gasteiger partial charge is 0.460 e. The van der Waals surface area contributed by atoms with E-state index in [1.807, 2.05) is 0 Å². The summed E-state index contributed by atoms with van der Waals surface area (Å²) in [6.07, 6.45) is 2.59. The van der Waals surface area contributed by atoms with Gasteiger partial charge in [-0.15, -0.1) is 0 Å². The molecule has 3 nitrogen and oxygen atoms in total. The normalized spacial score (nSPS) is 10.3. The highest BCUT2D eigenvalue weighted by Gasteiger charge is 1.97. The van der Waals surface area contributed by atoms with Gasteiger partial charge in [-0.25, -0.2) is 4.79 Å². The molecule has 0 atom stereocenters. The van der Waals surface area contributed by atoms with E-state index in [1.165, 1.54) is 0 Å². The summed E-state index contributed by atoms with van der Waals surface area (Å²) in [6, 6.07) is 0. The van der Waals surface area contributed by atoms with Gasteiger partial charge in [0.2, 0.25) is 0 Å². The molecule has 0 aromatic heterocycles. The van der Waals surface area contributed by atoms with Crippen molar-refractivity contribution in [1.29, 1.82) is 0 Å². The Bertz CT molecular complexity index is 147. The van der Waals surface area contributed by atoms with E-state index in [9.17, 15) is 9.59 Å². The molecule has 3 heteroatoms. The molecule has 0 aromatic rings. The molecular weight excluding hydrogens is 132 g/mol. The van der Waals surface area contributed by atoms with Gasteiger partial charge >= 0.3 is 5.97 Å². The molecule has 0 aliphatic rings. The third-order valence-corrected chi connectivity index (χ3v) is 0.663. The zero-order chi connectivity index (χ0) is 7.98. The topological polar surface area (TPSA) is 43.4 Å². The molecule has 0 aliphatic heterocycles. The third-order valence-electron chi connectivity index (χ3n) is 0.663. The number of hydrogen-bond donors (Lipinski definition) is 0. The van der Waals surface area contributed by atoms with Gasteiger partial charge in [0.25, 0.3) is 0 Å². The van der Waals surface area contributed by atoms with Crippen molar-refractivity contribution in [1.82, 2.24) is 0 Å². The van der Waals surface area contributed by atoms with E-state index in [1.54, 1.807) is 13.8 Å². The highest BCUT2D eigenvalue weighted by molar-refractivity contribution is 5.86. The van der Waals surface area contributed by atoms with Crippen molar-refractivity contribution in [2.45, 2.75) is 20.0 Å². The molecule has 0 unspecified atom stereocenters. The van der Waals surface area contributed by atoms with Crippen molar-refractivity contribution >= 4 is 12.3 Å². The highest BCUT2D eigenvalue weighted by atomic mass is 16.5. The van der Waals surface area contributed by atoms with Gasteiger partial charge in [-0.3, -0.25) is 4.79 Å². The predicted octanol–water partition coefficient (Wildman–Crippen LogP) is 0.693. The van der Waals surface area contributed by atoms with E-state index in [-0.39, 0.29) is 6.10 Å². The molecule has 0 aliphatic carbocycles. The summed E-state index contributed by atoms with van der Waals surface area (Å²) in [4.78, 5) is 20.2. The summed E-state index contributed by atoms with van der Waals surface area (Å²) in [5.41, 5.74) is 0. The van der Waals surface area contributed by atoms with Crippen LogP contribution in [0, 0.1) is 0 Å². The van der Waals surface area contributed by atoms with Gasteiger partial charge in [-0.2, -0.15) is 0 Å². The minimum Gasteiger partial charge on any atom is -0.460 e. The maximum absolute atomic E-state index is 10.5. The lowest BCUT2D eigenvalue weighted by molar-refractivity contribution is -0.141. The zero-order valence-corrected chi connectivity index (χ0v) is 6.03. The zero-order valence-electron chi connectivity index (χ0n) is 6.03. The Labute approximate surface area is 59.7 Å². The van der Waals surface area contributed by atoms with Gasteiger partial charge in [0.1, 0.15) is 6.29 Å². The third kappa shape index (κ3) is 5.03. The van der Waals surface area contributed by atoms with Gasteiger partial charge in [0.05, 0.1) is 6.10 Å². The summed E-state index contributed by atoms with van der Waals surface area (Å²) in [5, 5.41) is 0. The van der Waals surface area contributed by atoms with E-state index in [0.717, 1.165) is 12.2 Å². The Hall–Kier alpha value is -1.12. The summed E-state index contributed by atoms with van der Waals surface area (Å²) in [6.45, 7) is 3.49. The second kappa shape index (κ2) is 4.73. The van der Waals surface area contributed by atoms with Crippen molar-refractivity contribution in [2.24, 2.45) is 0 Å². The van der Waals surface area contributed by atoms with Crippen LogP contribution in [0.5, 0.6) is 0 Å². The van der Waals surface area contributed by atoms with E-state index in [0.29, 0.717) is 6.29 Å². The first-order chi connectivity index (χ1) is 4.66. The number of hydrogen-bond acceptors (Lipinski definition) is 3. The van der Waals surface area contributed by atoms with Crippen molar-refractivity contribution in [3.05, 3.63) is 12.2 Å². The maximum atomic E-state index is 10.5. The number of rotatable bonds is 3. The van der Waals surface area contributed by atoms with Crippen LogP contribution < -0.4 is 0 Å². The van der Waals surface area contributed by atoms with Gasteiger partial charge in [-0.05, 0) is 19.9 Å². The first kappa shape index (κ1) is 8.88. The number of allylic oxidation sites excluding steroid dienone is 1. The summed E-state index contributed by atoms with van der Waals surface area (Å²) < 4.78 is 4.67. The molecule has 0 saturated heterocycles. The van der Waals surface area contributed by atoms with Crippen LogP contribution in [0.25, 0.3) is 0 Å². The Kier molecular flexibility index (Phi) is 4.20. The molecule has 0 aromatic carbocycles. The van der Waals surface area contributed by atoms with Crippen LogP contribution in [-0.2, 0) is 14.3 Å². The number of aldehydes is 1. The van der Waals surface area contributed by atoms with E-state index in [2.05, 4.69) is 4.74 Å². The summed E-state index contributed by atoms with van der Waals surface area (Å²) in [5.74, 6) is -0.484. The highest BCUT2D eigenvalue weighted by Crippen LogP contribution is 1.88. The second-order valence-electron chi connectivity index (χ2n) is 1.98. The summed E-state index contributed by atoms with van der Waals surface area (Å²) >= 11 is 0. The molecule has 0 bridgehead atoms.